The molecule has 0 saturated heterocycles. The fourth-order valence-electron chi connectivity index (χ4n) is 2.36. The Morgan fingerprint density at radius 3 is 2.53 bits per heavy atom. The molecule has 2 aromatic rings. The fraction of sp³-hybridized carbons (Fsp3) is 0.375. The highest BCUT2D eigenvalue weighted by Crippen LogP contribution is 2.34. The maximum absolute atomic E-state index is 6.08. The van der Waals surface area contributed by atoms with Gasteiger partial charge in [-0.05, 0) is 35.8 Å². The van der Waals surface area contributed by atoms with Crippen molar-refractivity contribution < 1.29 is 4.74 Å². The summed E-state index contributed by atoms with van der Waals surface area (Å²) in [6.07, 6.45) is 2.60. The van der Waals surface area contributed by atoms with E-state index in [-0.39, 0.29) is 6.04 Å². The zero-order valence-corrected chi connectivity index (χ0v) is 11.0. The Kier molecular flexibility index (Phi) is 3.40. The molecule has 0 amide bonds. The predicted molar refractivity (Wildman–Crippen MR) is 78.1 cm³/mol. The minimum Gasteiger partial charge on any atom is -0.493 e. The summed E-state index contributed by atoms with van der Waals surface area (Å²) in [6.45, 7) is 1.28. The van der Waals surface area contributed by atoms with Crippen molar-refractivity contribution >= 4 is 10.8 Å². The number of ether oxygens (including phenoxy) is 1. The molecule has 0 aliphatic heterocycles. The first kappa shape index (κ1) is 12.5. The Balaban J connectivity index is 1.99. The molecule has 100 valence electrons. The minimum absolute atomic E-state index is 0.123. The quantitative estimate of drug-likeness (QED) is 0.864. The van der Waals surface area contributed by atoms with Crippen molar-refractivity contribution in [1.29, 1.82) is 0 Å². The molecule has 3 heteroatoms. The number of hydrogen-bond donors (Lipinski definition) is 2. The first-order valence-corrected chi connectivity index (χ1v) is 6.89. The van der Waals surface area contributed by atoms with Crippen molar-refractivity contribution in [1.82, 2.24) is 0 Å². The lowest BCUT2D eigenvalue weighted by molar-refractivity contribution is 0.303. The maximum Gasteiger partial charge on any atom is 0.127 e. The summed E-state index contributed by atoms with van der Waals surface area (Å²) in [5.41, 5.74) is 12.9. The molecule has 19 heavy (non-hydrogen) atoms. The molecule has 1 saturated carbocycles. The molecule has 0 radical (unpaired) electrons. The molecular formula is C16H20N2O. The number of hydrogen-bond acceptors (Lipinski definition) is 3. The zero-order valence-electron chi connectivity index (χ0n) is 11.0. The van der Waals surface area contributed by atoms with Gasteiger partial charge in [-0.25, -0.2) is 0 Å². The van der Waals surface area contributed by atoms with Gasteiger partial charge in [-0.15, -0.1) is 0 Å². The smallest absolute Gasteiger partial charge is 0.127 e. The first-order chi connectivity index (χ1) is 9.29. The highest BCUT2D eigenvalue weighted by Gasteiger charge is 2.22. The summed E-state index contributed by atoms with van der Waals surface area (Å²) in [5, 5.41) is 2.28. The molecule has 2 aromatic carbocycles. The highest BCUT2D eigenvalue weighted by atomic mass is 16.5. The number of fused-ring (bicyclic) bond motifs is 1. The highest BCUT2D eigenvalue weighted by molar-refractivity contribution is 5.91. The van der Waals surface area contributed by atoms with Crippen LogP contribution in [0.1, 0.15) is 24.4 Å². The van der Waals surface area contributed by atoms with Gasteiger partial charge in [-0.2, -0.15) is 0 Å². The van der Waals surface area contributed by atoms with Crippen LogP contribution in [0.5, 0.6) is 5.75 Å². The lowest BCUT2D eigenvalue weighted by Crippen LogP contribution is -2.21. The van der Waals surface area contributed by atoms with Gasteiger partial charge in [0.2, 0.25) is 0 Å². The van der Waals surface area contributed by atoms with Gasteiger partial charge in [-0.3, -0.25) is 0 Å². The first-order valence-electron chi connectivity index (χ1n) is 6.89. The van der Waals surface area contributed by atoms with Gasteiger partial charge in [0.15, 0.2) is 0 Å². The molecule has 0 bridgehead atoms. The largest absolute Gasteiger partial charge is 0.493 e. The van der Waals surface area contributed by atoms with E-state index in [1.165, 1.54) is 12.8 Å². The van der Waals surface area contributed by atoms with E-state index in [9.17, 15) is 0 Å². The molecule has 1 atom stereocenters. The molecular weight excluding hydrogens is 236 g/mol. The molecule has 3 rings (SSSR count). The van der Waals surface area contributed by atoms with Crippen LogP contribution in [0.4, 0.5) is 0 Å². The third kappa shape index (κ3) is 2.57. The van der Waals surface area contributed by atoms with Gasteiger partial charge in [-0.1, -0.05) is 30.3 Å². The fourth-order valence-corrected chi connectivity index (χ4v) is 2.36. The third-order valence-electron chi connectivity index (χ3n) is 3.74. The Bertz CT molecular complexity index is 578. The van der Waals surface area contributed by atoms with Crippen LogP contribution in [0.15, 0.2) is 36.4 Å². The van der Waals surface area contributed by atoms with Gasteiger partial charge in [0.05, 0.1) is 6.61 Å². The maximum atomic E-state index is 6.08. The van der Waals surface area contributed by atoms with Crippen LogP contribution in [-0.4, -0.2) is 13.2 Å². The lowest BCUT2D eigenvalue weighted by Gasteiger charge is -2.15. The molecule has 0 spiro atoms. The van der Waals surface area contributed by atoms with Crippen LogP contribution in [0.2, 0.25) is 0 Å². The van der Waals surface area contributed by atoms with E-state index in [0.717, 1.165) is 34.6 Å². The van der Waals surface area contributed by atoms with E-state index >= 15 is 0 Å². The van der Waals surface area contributed by atoms with Crippen molar-refractivity contribution in [2.75, 3.05) is 13.2 Å². The van der Waals surface area contributed by atoms with Gasteiger partial charge in [0.25, 0.3) is 0 Å². The van der Waals surface area contributed by atoms with E-state index < -0.39 is 0 Å². The summed E-state index contributed by atoms with van der Waals surface area (Å²) in [4.78, 5) is 0. The second-order valence-corrected chi connectivity index (χ2v) is 5.30. The van der Waals surface area contributed by atoms with Crippen LogP contribution < -0.4 is 16.2 Å². The third-order valence-corrected chi connectivity index (χ3v) is 3.74. The topological polar surface area (TPSA) is 61.3 Å². The molecule has 0 aromatic heterocycles. The summed E-state index contributed by atoms with van der Waals surface area (Å²) < 4.78 is 5.94. The van der Waals surface area contributed by atoms with E-state index in [2.05, 4.69) is 12.1 Å². The Hall–Kier alpha value is -1.58. The van der Waals surface area contributed by atoms with Crippen molar-refractivity contribution in [3.05, 3.63) is 42.0 Å². The second-order valence-electron chi connectivity index (χ2n) is 5.30. The number of rotatable bonds is 5. The average molecular weight is 256 g/mol. The summed E-state index contributed by atoms with van der Waals surface area (Å²) in [7, 11) is 0. The van der Waals surface area contributed by atoms with Gasteiger partial charge in [0.1, 0.15) is 5.75 Å². The number of nitrogens with two attached hydrogens (primary N) is 2. The molecule has 1 fully saturated rings. The second kappa shape index (κ2) is 5.19. The molecule has 1 aliphatic rings. The number of benzene rings is 2. The molecule has 1 aliphatic carbocycles. The average Bonchev–Trinajstić information content (AvgIpc) is 3.28. The van der Waals surface area contributed by atoms with Gasteiger partial charge < -0.3 is 16.2 Å². The van der Waals surface area contributed by atoms with Crippen LogP contribution in [0.3, 0.4) is 0 Å². The summed E-state index contributed by atoms with van der Waals surface area (Å²) >= 11 is 0. The standard InChI is InChI=1S/C16H20N2O/c17-9-15(18)13-7-8-16(19-10-11-5-6-11)14-4-2-1-3-12(13)14/h1-4,7-8,11,15H,5-6,9-10,17-18H2. The predicted octanol–water partition coefficient (Wildman–Crippen LogP) is 2.59. The Morgan fingerprint density at radius 1 is 1.11 bits per heavy atom. The van der Waals surface area contributed by atoms with Crippen molar-refractivity contribution in [2.24, 2.45) is 17.4 Å². The van der Waals surface area contributed by atoms with E-state index in [0.29, 0.717) is 6.54 Å². The summed E-state index contributed by atoms with van der Waals surface area (Å²) in [6, 6.07) is 12.2. The Labute approximate surface area is 113 Å². The zero-order chi connectivity index (χ0) is 13.2. The normalized spacial score (nSPS) is 16.5. The van der Waals surface area contributed by atoms with Crippen LogP contribution in [0, 0.1) is 5.92 Å². The van der Waals surface area contributed by atoms with E-state index in [4.69, 9.17) is 16.2 Å². The van der Waals surface area contributed by atoms with Gasteiger partial charge in [0, 0.05) is 18.0 Å². The van der Waals surface area contributed by atoms with Crippen LogP contribution in [-0.2, 0) is 0 Å². The van der Waals surface area contributed by atoms with Crippen LogP contribution in [0.25, 0.3) is 10.8 Å². The van der Waals surface area contributed by atoms with Gasteiger partial charge >= 0.3 is 0 Å². The monoisotopic (exact) mass is 256 g/mol. The SMILES string of the molecule is NCC(N)c1ccc(OCC2CC2)c2ccccc12. The molecule has 0 heterocycles. The van der Waals surface area contributed by atoms with Crippen LogP contribution >= 0.6 is 0 Å². The summed E-state index contributed by atoms with van der Waals surface area (Å²) in [5.74, 6) is 1.71. The Morgan fingerprint density at radius 2 is 1.84 bits per heavy atom. The van der Waals surface area contributed by atoms with Crippen molar-refractivity contribution in [3.8, 4) is 5.75 Å². The van der Waals surface area contributed by atoms with E-state index in [1.807, 2.05) is 24.3 Å². The molecule has 3 nitrogen and oxygen atoms in total. The molecule has 1 unspecified atom stereocenters. The lowest BCUT2D eigenvalue weighted by atomic mass is 9.98. The van der Waals surface area contributed by atoms with Crippen molar-refractivity contribution in [2.45, 2.75) is 18.9 Å². The molecule has 4 N–H and O–H groups in total. The van der Waals surface area contributed by atoms with E-state index in [1.54, 1.807) is 0 Å². The van der Waals surface area contributed by atoms with Crippen molar-refractivity contribution in [3.63, 3.8) is 0 Å². The minimum atomic E-state index is -0.123.